The van der Waals surface area contributed by atoms with E-state index < -0.39 is 5.82 Å². The lowest BCUT2D eigenvalue weighted by atomic mass is 10.1. The molecule has 20 heavy (non-hydrogen) atoms. The molecule has 1 aromatic carbocycles. The Hall–Kier alpha value is -1.60. The molecule has 0 radical (unpaired) electrons. The highest BCUT2D eigenvalue weighted by Gasteiger charge is 2.31. The van der Waals surface area contributed by atoms with Gasteiger partial charge in [0.15, 0.2) is 11.6 Å². The van der Waals surface area contributed by atoms with Gasteiger partial charge in [0, 0.05) is 23.1 Å². The summed E-state index contributed by atoms with van der Waals surface area (Å²) in [6.07, 6.45) is 0. The molecule has 0 spiro atoms. The average molecular weight is 295 g/mol. The maximum Gasteiger partial charge on any atom is 0.232 e. The number of ether oxygens (including phenoxy) is 1. The van der Waals surface area contributed by atoms with E-state index in [1.165, 1.54) is 13.2 Å². The number of benzene rings is 1. The second kappa shape index (κ2) is 5.41. The van der Waals surface area contributed by atoms with Gasteiger partial charge in [0.05, 0.1) is 13.0 Å². The lowest BCUT2D eigenvalue weighted by molar-refractivity contribution is 0.352. The van der Waals surface area contributed by atoms with E-state index in [0.29, 0.717) is 17.3 Å². The van der Waals surface area contributed by atoms with Crippen LogP contribution in [0.25, 0.3) is 11.4 Å². The van der Waals surface area contributed by atoms with E-state index in [0.717, 1.165) is 11.5 Å². The second-order valence-corrected chi connectivity index (χ2v) is 5.69. The van der Waals surface area contributed by atoms with Gasteiger partial charge in [0.2, 0.25) is 11.7 Å². The maximum absolute atomic E-state index is 13.4. The molecule has 1 saturated heterocycles. The number of thioether (sulfide) groups is 1. The third kappa shape index (κ3) is 2.38. The molecule has 5 nitrogen and oxygen atoms in total. The van der Waals surface area contributed by atoms with Gasteiger partial charge in [-0.25, -0.2) is 4.39 Å². The molecule has 2 aromatic rings. The fourth-order valence-electron chi connectivity index (χ4n) is 2.13. The molecule has 1 fully saturated rings. The normalized spacial score (nSPS) is 22.1. The molecule has 2 atom stereocenters. The Morgan fingerprint density at radius 2 is 2.30 bits per heavy atom. The first-order chi connectivity index (χ1) is 9.69. The lowest BCUT2D eigenvalue weighted by Crippen LogP contribution is -2.26. The zero-order valence-electron chi connectivity index (χ0n) is 10.9. The summed E-state index contributed by atoms with van der Waals surface area (Å²) in [6.45, 7) is 0. The quantitative estimate of drug-likeness (QED) is 0.934. The lowest BCUT2D eigenvalue weighted by Gasteiger charge is -2.07. The molecule has 2 N–H and O–H groups in total. The summed E-state index contributed by atoms with van der Waals surface area (Å²) in [4.78, 5) is 4.37. The fourth-order valence-corrected chi connectivity index (χ4v) is 3.41. The van der Waals surface area contributed by atoms with Crippen molar-refractivity contribution in [2.45, 2.75) is 12.0 Å². The second-order valence-electron chi connectivity index (χ2n) is 4.61. The highest BCUT2D eigenvalue weighted by Crippen LogP contribution is 2.32. The van der Waals surface area contributed by atoms with Crippen LogP contribution in [-0.2, 0) is 0 Å². The van der Waals surface area contributed by atoms with E-state index in [-0.39, 0.29) is 17.7 Å². The van der Waals surface area contributed by atoms with Crippen LogP contribution in [0.4, 0.5) is 4.39 Å². The zero-order valence-corrected chi connectivity index (χ0v) is 11.7. The van der Waals surface area contributed by atoms with Crippen molar-refractivity contribution in [2.75, 3.05) is 18.6 Å². The van der Waals surface area contributed by atoms with Crippen LogP contribution in [0.2, 0.25) is 0 Å². The SMILES string of the molecule is COc1cc(-c2noc(C3CSCC3N)n2)ccc1F. The van der Waals surface area contributed by atoms with Gasteiger partial charge in [-0.3, -0.25) is 0 Å². The molecule has 3 rings (SSSR count). The summed E-state index contributed by atoms with van der Waals surface area (Å²) in [5.41, 5.74) is 6.66. The predicted molar refractivity (Wildman–Crippen MR) is 74.3 cm³/mol. The molecule has 2 heterocycles. The van der Waals surface area contributed by atoms with Crippen LogP contribution in [0.1, 0.15) is 11.8 Å². The van der Waals surface area contributed by atoms with Crippen molar-refractivity contribution < 1.29 is 13.7 Å². The Bertz CT molecular complexity index is 619. The minimum atomic E-state index is -0.422. The number of methoxy groups -OCH3 is 1. The fraction of sp³-hybridized carbons (Fsp3) is 0.385. The molecule has 1 aliphatic rings. The maximum atomic E-state index is 13.4. The summed E-state index contributed by atoms with van der Waals surface area (Å²) in [5.74, 6) is 2.56. The van der Waals surface area contributed by atoms with Crippen molar-refractivity contribution in [3.05, 3.63) is 29.9 Å². The number of nitrogens with two attached hydrogens (primary N) is 1. The van der Waals surface area contributed by atoms with E-state index in [9.17, 15) is 4.39 Å². The first kappa shape index (κ1) is 13.4. The number of halogens is 1. The van der Waals surface area contributed by atoms with Crippen LogP contribution in [0.5, 0.6) is 5.75 Å². The van der Waals surface area contributed by atoms with Gasteiger partial charge < -0.3 is 15.0 Å². The molecule has 2 unspecified atom stereocenters. The third-order valence-electron chi connectivity index (χ3n) is 3.29. The van der Waals surface area contributed by atoms with Crippen LogP contribution < -0.4 is 10.5 Å². The van der Waals surface area contributed by atoms with Gasteiger partial charge in [0.1, 0.15) is 0 Å². The molecule has 0 bridgehead atoms. The van der Waals surface area contributed by atoms with Crippen LogP contribution >= 0.6 is 11.8 Å². The summed E-state index contributed by atoms with van der Waals surface area (Å²) in [6, 6.07) is 4.50. The highest BCUT2D eigenvalue weighted by atomic mass is 32.2. The van der Waals surface area contributed by atoms with Crippen LogP contribution in [-0.4, -0.2) is 34.8 Å². The molecule has 106 valence electrons. The van der Waals surface area contributed by atoms with Crippen LogP contribution in [0.3, 0.4) is 0 Å². The predicted octanol–water partition coefficient (Wildman–Crippen LogP) is 2.04. The van der Waals surface area contributed by atoms with Crippen molar-refractivity contribution in [3.63, 3.8) is 0 Å². The molecule has 7 heteroatoms. The van der Waals surface area contributed by atoms with Crippen LogP contribution in [0, 0.1) is 5.82 Å². The van der Waals surface area contributed by atoms with Gasteiger partial charge in [-0.05, 0) is 18.2 Å². The summed E-state index contributed by atoms with van der Waals surface area (Å²) >= 11 is 1.78. The van der Waals surface area contributed by atoms with E-state index in [2.05, 4.69) is 10.1 Å². The molecule has 0 aliphatic carbocycles. The Labute approximate surface area is 119 Å². The minimum Gasteiger partial charge on any atom is -0.494 e. The Morgan fingerprint density at radius 1 is 1.45 bits per heavy atom. The van der Waals surface area contributed by atoms with Crippen molar-refractivity contribution >= 4 is 11.8 Å². The minimum absolute atomic E-state index is 0.0380. The number of nitrogens with zero attached hydrogens (tertiary/aromatic N) is 2. The van der Waals surface area contributed by atoms with Gasteiger partial charge in [0.25, 0.3) is 0 Å². The average Bonchev–Trinajstić information content (AvgIpc) is 3.08. The van der Waals surface area contributed by atoms with E-state index in [4.69, 9.17) is 15.0 Å². The smallest absolute Gasteiger partial charge is 0.232 e. The first-order valence-corrected chi connectivity index (χ1v) is 7.35. The van der Waals surface area contributed by atoms with Gasteiger partial charge in [-0.2, -0.15) is 16.7 Å². The molecule has 0 amide bonds. The van der Waals surface area contributed by atoms with Gasteiger partial charge in [-0.1, -0.05) is 5.16 Å². The Morgan fingerprint density at radius 3 is 3.00 bits per heavy atom. The van der Waals surface area contributed by atoms with Crippen molar-refractivity contribution in [2.24, 2.45) is 5.73 Å². The molecular weight excluding hydrogens is 281 g/mol. The molecular formula is C13H14FN3O2S. The monoisotopic (exact) mass is 295 g/mol. The van der Waals surface area contributed by atoms with Crippen molar-refractivity contribution in [3.8, 4) is 17.1 Å². The molecule has 1 aromatic heterocycles. The Balaban J connectivity index is 1.90. The summed E-state index contributed by atoms with van der Waals surface area (Å²) in [5, 5.41) is 3.94. The van der Waals surface area contributed by atoms with Crippen molar-refractivity contribution in [1.82, 2.24) is 10.1 Å². The van der Waals surface area contributed by atoms with Gasteiger partial charge in [-0.15, -0.1) is 0 Å². The van der Waals surface area contributed by atoms with E-state index in [1.54, 1.807) is 23.9 Å². The highest BCUT2D eigenvalue weighted by molar-refractivity contribution is 7.99. The Kier molecular flexibility index (Phi) is 3.62. The van der Waals surface area contributed by atoms with Crippen LogP contribution in [0.15, 0.2) is 22.7 Å². The zero-order chi connectivity index (χ0) is 14.1. The number of rotatable bonds is 3. The van der Waals surface area contributed by atoms with E-state index in [1.807, 2.05) is 0 Å². The third-order valence-corrected chi connectivity index (χ3v) is 4.51. The van der Waals surface area contributed by atoms with Gasteiger partial charge >= 0.3 is 0 Å². The number of aromatic nitrogens is 2. The molecule has 1 aliphatic heterocycles. The van der Waals surface area contributed by atoms with E-state index >= 15 is 0 Å². The molecule has 0 saturated carbocycles. The standard InChI is InChI=1S/C13H14FN3O2S/c1-18-11-4-7(2-3-9(11)14)12-16-13(19-17-12)8-5-20-6-10(8)15/h2-4,8,10H,5-6,15H2,1H3. The number of hydrogen-bond acceptors (Lipinski definition) is 6. The largest absolute Gasteiger partial charge is 0.494 e. The topological polar surface area (TPSA) is 74.2 Å². The summed E-state index contributed by atoms with van der Waals surface area (Å²) < 4.78 is 23.6. The van der Waals surface area contributed by atoms with Crippen molar-refractivity contribution in [1.29, 1.82) is 0 Å². The number of hydrogen-bond donors (Lipinski definition) is 1. The first-order valence-electron chi connectivity index (χ1n) is 6.20. The summed E-state index contributed by atoms with van der Waals surface area (Å²) in [7, 11) is 1.42.